The van der Waals surface area contributed by atoms with Crippen molar-refractivity contribution in [1.29, 1.82) is 0 Å². The number of carbonyl (C=O) groups excluding carboxylic acids is 2. The predicted molar refractivity (Wildman–Crippen MR) is 82.5 cm³/mol. The van der Waals surface area contributed by atoms with Gasteiger partial charge in [0, 0.05) is 25.8 Å². The minimum absolute atomic E-state index is 0.00921. The van der Waals surface area contributed by atoms with E-state index in [0.717, 1.165) is 12.8 Å². The average Bonchev–Trinajstić information content (AvgIpc) is 3.10. The van der Waals surface area contributed by atoms with E-state index in [2.05, 4.69) is 5.10 Å². The van der Waals surface area contributed by atoms with E-state index in [1.54, 1.807) is 23.8 Å². The molecule has 0 bridgehead atoms. The summed E-state index contributed by atoms with van der Waals surface area (Å²) in [5.74, 6) is -0.242. The molecule has 2 fully saturated rings. The molecule has 1 aromatic rings. The Morgan fingerprint density at radius 3 is 2.62 bits per heavy atom. The average molecular weight is 340 g/mol. The molecule has 6 nitrogen and oxygen atoms in total. The van der Waals surface area contributed by atoms with Crippen molar-refractivity contribution in [2.24, 2.45) is 0 Å². The summed E-state index contributed by atoms with van der Waals surface area (Å²) < 4.78 is 26.8. The van der Waals surface area contributed by atoms with Gasteiger partial charge in [0.05, 0.1) is 0 Å². The Morgan fingerprint density at radius 2 is 2.00 bits per heavy atom. The van der Waals surface area contributed by atoms with Crippen molar-refractivity contribution in [1.82, 2.24) is 19.6 Å². The molecule has 1 spiro atoms. The molecule has 0 N–H and O–H groups in total. The number of halogens is 2. The van der Waals surface area contributed by atoms with Gasteiger partial charge >= 0.3 is 0 Å². The first-order valence-electron chi connectivity index (χ1n) is 8.24. The van der Waals surface area contributed by atoms with Crippen molar-refractivity contribution in [3.05, 3.63) is 17.5 Å². The zero-order chi connectivity index (χ0) is 17.5. The fourth-order valence-corrected chi connectivity index (χ4v) is 3.91. The van der Waals surface area contributed by atoms with Crippen LogP contribution in [0, 0.1) is 6.92 Å². The lowest BCUT2D eigenvalue weighted by Gasteiger charge is -2.43. The highest BCUT2D eigenvalue weighted by Crippen LogP contribution is 2.38. The molecule has 3 heterocycles. The highest BCUT2D eigenvalue weighted by atomic mass is 19.3. The number of aryl methyl sites for hydroxylation is 1. The van der Waals surface area contributed by atoms with Gasteiger partial charge in [-0.05, 0) is 38.7 Å². The Kier molecular flexibility index (Phi) is 4.31. The van der Waals surface area contributed by atoms with Crippen LogP contribution in [0.2, 0.25) is 0 Å². The molecule has 0 aromatic carbocycles. The van der Waals surface area contributed by atoms with Crippen LogP contribution in [-0.4, -0.2) is 57.1 Å². The summed E-state index contributed by atoms with van der Waals surface area (Å²) in [6.45, 7) is 2.77. The van der Waals surface area contributed by atoms with E-state index in [4.69, 9.17) is 0 Å². The first-order valence-corrected chi connectivity index (χ1v) is 8.24. The molecular formula is C16H22F2N4O2. The van der Waals surface area contributed by atoms with E-state index in [0.29, 0.717) is 31.6 Å². The molecule has 0 aliphatic carbocycles. The Labute approximate surface area is 139 Å². The van der Waals surface area contributed by atoms with Gasteiger partial charge in [-0.2, -0.15) is 5.10 Å². The second-order valence-electron chi connectivity index (χ2n) is 6.68. The molecule has 2 saturated heterocycles. The first-order chi connectivity index (χ1) is 11.3. The fraction of sp³-hybridized carbons (Fsp3) is 0.688. The number of hydrogen-bond acceptors (Lipinski definition) is 3. The second kappa shape index (κ2) is 6.14. The van der Waals surface area contributed by atoms with Gasteiger partial charge in [-0.25, -0.2) is 8.78 Å². The number of amides is 2. The lowest BCUT2D eigenvalue weighted by Crippen LogP contribution is -2.60. The molecule has 1 unspecified atom stereocenters. The van der Waals surface area contributed by atoms with Gasteiger partial charge in [0.15, 0.2) is 0 Å². The Bertz CT molecular complexity index is 661. The maximum atomic E-state index is 12.8. The van der Waals surface area contributed by atoms with Gasteiger partial charge in [-0.3, -0.25) is 14.3 Å². The van der Waals surface area contributed by atoms with Crippen LogP contribution in [0.25, 0.3) is 0 Å². The maximum absolute atomic E-state index is 12.8. The number of likely N-dealkylation sites (tertiary alicyclic amines) is 2. The standard InChI is InChI=1S/C16H22F2N4O2/c1-11-9-12(14(17)18)19-22(11)10-13(23)21-8-4-6-16(21)5-3-7-20(2)15(16)24/h9,14H,3-8,10H2,1-2H3. The topological polar surface area (TPSA) is 58.4 Å². The molecule has 2 amide bonds. The third-order valence-electron chi connectivity index (χ3n) is 5.13. The Hall–Kier alpha value is -1.99. The number of likely N-dealkylation sites (N-methyl/N-ethyl adjacent to an activating group) is 1. The van der Waals surface area contributed by atoms with Gasteiger partial charge in [0.2, 0.25) is 11.8 Å². The quantitative estimate of drug-likeness (QED) is 0.842. The third-order valence-corrected chi connectivity index (χ3v) is 5.13. The number of rotatable bonds is 3. The summed E-state index contributed by atoms with van der Waals surface area (Å²) in [6, 6.07) is 1.29. The van der Waals surface area contributed by atoms with Crippen molar-refractivity contribution < 1.29 is 18.4 Å². The molecule has 0 radical (unpaired) electrons. The molecule has 2 aliphatic heterocycles. The third kappa shape index (κ3) is 2.67. The number of carbonyl (C=O) groups is 2. The number of piperidine rings is 1. The highest BCUT2D eigenvalue weighted by molar-refractivity contribution is 5.92. The van der Waals surface area contributed by atoms with Crippen molar-refractivity contribution in [2.75, 3.05) is 20.1 Å². The molecule has 8 heteroatoms. The van der Waals surface area contributed by atoms with E-state index in [-0.39, 0.29) is 24.1 Å². The van der Waals surface area contributed by atoms with Gasteiger partial charge < -0.3 is 9.80 Å². The zero-order valence-electron chi connectivity index (χ0n) is 14.0. The number of nitrogens with zero attached hydrogens (tertiary/aromatic N) is 4. The van der Waals surface area contributed by atoms with Crippen LogP contribution < -0.4 is 0 Å². The lowest BCUT2D eigenvalue weighted by atomic mass is 9.85. The minimum Gasteiger partial charge on any atom is -0.344 e. The molecule has 1 atom stereocenters. The SMILES string of the molecule is Cc1cc(C(F)F)nn1CC(=O)N1CCCC12CCCN(C)C2=O. The first kappa shape index (κ1) is 16.9. The van der Waals surface area contributed by atoms with E-state index in [9.17, 15) is 18.4 Å². The van der Waals surface area contributed by atoms with E-state index in [1.165, 1.54) is 10.7 Å². The van der Waals surface area contributed by atoms with E-state index < -0.39 is 12.0 Å². The smallest absolute Gasteiger partial charge is 0.282 e. The summed E-state index contributed by atoms with van der Waals surface area (Å²) in [7, 11) is 1.76. The van der Waals surface area contributed by atoms with Crippen LogP contribution in [0.5, 0.6) is 0 Å². The number of aromatic nitrogens is 2. The van der Waals surface area contributed by atoms with Crippen molar-refractivity contribution in [2.45, 2.75) is 51.1 Å². The van der Waals surface area contributed by atoms with Crippen LogP contribution in [0.4, 0.5) is 8.78 Å². The van der Waals surface area contributed by atoms with Crippen LogP contribution >= 0.6 is 0 Å². The molecule has 0 saturated carbocycles. The minimum atomic E-state index is -2.66. The van der Waals surface area contributed by atoms with Crippen LogP contribution in [0.1, 0.15) is 43.5 Å². The van der Waals surface area contributed by atoms with Crippen LogP contribution in [0.15, 0.2) is 6.07 Å². The summed E-state index contributed by atoms with van der Waals surface area (Å²) in [4.78, 5) is 28.8. The van der Waals surface area contributed by atoms with Crippen molar-refractivity contribution in [3.63, 3.8) is 0 Å². The van der Waals surface area contributed by atoms with Gasteiger partial charge in [0.25, 0.3) is 6.43 Å². The van der Waals surface area contributed by atoms with Crippen LogP contribution in [0.3, 0.4) is 0 Å². The molecule has 24 heavy (non-hydrogen) atoms. The number of hydrogen-bond donors (Lipinski definition) is 0. The fourth-order valence-electron chi connectivity index (χ4n) is 3.91. The monoisotopic (exact) mass is 340 g/mol. The Balaban J connectivity index is 1.80. The van der Waals surface area contributed by atoms with Gasteiger partial charge in [-0.15, -0.1) is 0 Å². The second-order valence-corrected chi connectivity index (χ2v) is 6.68. The summed E-state index contributed by atoms with van der Waals surface area (Å²) in [6.07, 6.45) is 0.324. The maximum Gasteiger partial charge on any atom is 0.282 e. The van der Waals surface area contributed by atoms with E-state index in [1.807, 2.05) is 0 Å². The summed E-state index contributed by atoms with van der Waals surface area (Å²) >= 11 is 0. The van der Waals surface area contributed by atoms with E-state index >= 15 is 0 Å². The Morgan fingerprint density at radius 1 is 1.33 bits per heavy atom. The molecular weight excluding hydrogens is 318 g/mol. The largest absolute Gasteiger partial charge is 0.344 e. The molecule has 132 valence electrons. The van der Waals surface area contributed by atoms with Gasteiger partial charge in [0.1, 0.15) is 17.8 Å². The van der Waals surface area contributed by atoms with Gasteiger partial charge in [-0.1, -0.05) is 0 Å². The van der Waals surface area contributed by atoms with Crippen molar-refractivity contribution in [3.8, 4) is 0 Å². The number of alkyl halides is 2. The normalized spacial score (nSPS) is 24.5. The highest BCUT2D eigenvalue weighted by Gasteiger charge is 2.51. The summed E-state index contributed by atoms with van der Waals surface area (Å²) in [5.41, 5.74) is -0.569. The van der Waals surface area contributed by atoms with Crippen molar-refractivity contribution >= 4 is 11.8 Å². The lowest BCUT2D eigenvalue weighted by molar-refractivity contribution is -0.154. The molecule has 2 aliphatic rings. The predicted octanol–water partition coefficient (Wildman–Crippen LogP) is 1.74. The zero-order valence-corrected chi connectivity index (χ0v) is 14.0. The molecule has 3 rings (SSSR count). The van der Waals surface area contributed by atoms with Crippen LogP contribution in [-0.2, 0) is 16.1 Å². The summed E-state index contributed by atoms with van der Waals surface area (Å²) in [5, 5.41) is 3.81. The molecule has 1 aromatic heterocycles.